The van der Waals surface area contributed by atoms with E-state index in [1.165, 1.54) is 7.11 Å². The molecule has 1 heterocycles. The number of rotatable bonds is 8. The van der Waals surface area contributed by atoms with E-state index >= 15 is 0 Å². The normalized spacial score (nSPS) is 11.6. The van der Waals surface area contributed by atoms with E-state index < -0.39 is 0 Å². The SMILES string of the molecule is COc1cc(C#N)ccc1OCC(=O)NC(CC(C)C)c1cccs1. The van der Waals surface area contributed by atoms with Gasteiger partial charge in [0.2, 0.25) is 0 Å². The van der Waals surface area contributed by atoms with Crippen molar-refractivity contribution < 1.29 is 14.3 Å². The van der Waals surface area contributed by atoms with Gasteiger partial charge in [0.1, 0.15) is 0 Å². The first kappa shape index (κ1) is 18.8. The zero-order valence-electron chi connectivity index (χ0n) is 14.6. The molecule has 6 heteroatoms. The minimum atomic E-state index is -0.189. The average Bonchev–Trinajstić information content (AvgIpc) is 3.13. The van der Waals surface area contributed by atoms with Crippen molar-refractivity contribution in [2.24, 2.45) is 5.92 Å². The van der Waals surface area contributed by atoms with Crippen LogP contribution in [0.5, 0.6) is 11.5 Å². The number of benzene rings is 1. The van der Waals surface area contributed by atoms with Crippen LogP contribution in [-0.2, 0) is 4.79 Å². The third kappa shape index (κ3) is 5.50. The lowest BCUT2D eigenvalue weighted by Crippen LogP contribution is -2.33. The Kier molecular flexibility index (Phi) is 6.84. The van der Waals surface area contributed by atoms with Crippen LogP contribution in [0.2, 0.25) is 0 Å². The molecule has 25 heavy (non-hydrogen) atoms. The molecule has 1 atom stereocenters. The van der Waals surface area contributed by atoms with Crippen LogP contribution in [0.3, 0.4) is 0 Å². The Bertz CT molecular complexity index is 736. The summed E-state index contributed by atoms with van der Waals surface area (Å²) in [6, 6.07) is 10.9. The van der Waals surface area contributed by atoms with Crippen molar-refractivity contribution in [1.82, 2.24) is 5.32 Å². The molecule has 1 aromatic carbocycles. The van der Waals surface area contributed by atoms with Crippen molar-refractivity contribution in [3.8, 4) is 17.6 Å². The zero-order chi connectivity index (χ0) is 18.2. The molecule has 1 N–H and O–H groups in total. The molecule has 0 aliphatic carbocycles. The Balaban J connectivity index is 1.98. The Morgan fingerprint density at radius 3 is 2.72 bits per heavy atom. The van der Waals surface area contributed by atoms with Crippen LogP contribution in [0.25, 0.3) is 0 Å². The Morgan fingerprint density at radius 1 is 1.32 bits per heavy atom. The molecule has 0 fully saturated rings. The second-order valence-electron chi connectivity index (χ2n) is 6.03. The summed E-state index contributed by atoms with van der Waals surface area (Å²) in [5.74, 6) is 1.15. The van der Waals surface area contributed by atoms with Gasteiger partial charge in [-0.15, -0.1) is 11.3 Å². The lowest BCUT2D eigenvalue weighted by Gasteiger charge is -2.20. The predicted molar refractivity (Wildman–Crippen MR) is 97.9 cm³/mol. The van der Waals surface area contributed by atoms with Crippen molar-refractivity contribution >= 4 is 17.2 Å². The highest BCUT2D eigenvalue weighted by atomic mass is 32.1. The van der Waals surface area contributed by atoms with E-state index in [1.807, 2.05) is 23.6 Å². The number of hydrogen-bond acceptors (Lipinski definition) is 5. The number of ether oxygens (including phenoxy) is 2. The number of nitriles is 1. The van der Waals surface area contributed by atoms with E-state index in [2.05, 4.69) is 19.2 Å². The predicted octanol–water partition coefficient (Wildman–Crippen LogP) is 3.91. The maximum atomic E-state index is 12.3. The van der Waals surface area contributed by atoms with Crippen molar-refractivity contribution in [3.63, 3.8) is 0 Å². The van der Waals surface area contributed by atoms with Gasteiger partial charge in [-0.1, -0.05) is 19.9 Å². The summed E-state index contributed by atoms with van der Waals surface area (Å²) >= 11 is 1.63. The number of nitrogens with one attached hydrogen (secondary N) is 1. The maximum Gasteiger partial charge on any atom is 0.258 e. The molecule has 0 saturated heterocycles. The number of hydrogen-bond donors (Lipinski definition) is 1. The molecule has 0 aliphatic heterocycles. The van der Waals surface area contributed by atoms with E-state index in [0.717, 1.165) is 11.3 Å². The second kappa shape index (κ2) is 9.09. The number of carbonyl (C=O) groups is 1. The summed E-state index contributed by atoms with van der Waals surface area (Å²) in [6.45, 7) is 4.15. The number of nitrogens with zero attached hydrogens (tertiary/aromatic N) is 1. The first-order valence-corrected chi connectivity index (χ1v) is 8.95. The lowest BCUT2D eigenvalue weighted by molar-refractivity contribution is -0.123. The molecule has 0 saturated carbocycles. The van der Waals surface area contributed by atoms with Crippen LogP contribution < -0.4 is 14.8 Å². The van der Waals surface area contributed by atoms with Gasteiger partial charge in [-0.25, -0.2) is 0 Å². The largest absolute Gasteiger partial charge is 0.493 e. The quantitative estimate of drug-likeness (QED) is 0.776. The summed E-state index contributed by atoms with van der Waals surface area (Å²) in [7, 11) is 1.50. The highest BCUT2D eigenvalue weighted by molar-refractivity contribution is 7.10. The molecule has 0 bridgehead atoms. The molecule has 132 valence electrons. The fourth-order valence-corrected chi connectivity index (χ4v) is 3.23. The van der Waals surface area contributed by atoms with E-state index in [1.54, 1.807) is 29.5 Å². The van der Waals surface area contributed by atoms with Crippen molar-refractivity contribution in [1.29, 1.82) is 5.26 Å². The molecular formula is C19H22N2O3S. The van der Waals surface area contributed by atoms with Gasteiger partial charge in [-0.05, 0) is 35.9 Å². The van der Waals surface area contributed by atoms with E-state index in [9.17, 15) is 4.79 Å². The third-order valence-electron chi connectivity index (χ3n) is 3.58. The van der Waals surface area contributed by atoms with Gasteiger partial charge in [-0.2, -0.15) is 5.26 Å². The molecule has 0 radical (unpaired) electrons. The summed E-state index contributed by atoms with van der Waals surface area (Å²) in [4.78, 5) is 13.4. The van der Waals surface area contributed by atoms with Crippen LogP contribution in [-0.4, -0.2) is 19.6 Å². The summed E-state index contributed by atoms with van der Waals surface area (Å²) in [6.07, 6.45) is 0.868. The van der Waals surface area contributed by atoms with Gasteiger partial charge in [0, 0.05) is 10.9 Å². The van der Waals surface area contributed by atoms with E-state index in [-0.39, 0.29) is 18.6 Å². The van der Waals surface area contributed by atoms with Crippen LogP contribution in [0.15, 0.2) is 35.7 Å². The highest BCUT2D eigenvalue weighted by Gasteiger charge is 2.18. The average molecular weight is 358 g/mol. The highest BCUT2D eigenvalue weighted by Crippen LogP contribution is 2.28. The monoisotopic (exact) mass is 358 g/mol. The standard InChI is InChI=1S/C19H22N2O3S/c1-13(2)9-15(18-5-4-8-25-18)21-19(22)12-24-16-7-6-14(11-20)10-17(16)23-3/h4-8,10,13,15H,9,12H2,1-3H3,(H,21,22). The van der Waals surface area contributed by atoms with Gasteiger partial charge in [0.25, 0.3) is 5.91 Å². The van der Waals surface area contributed by atoms with Gasteiger partial charge in [0.05, 0.1) is 24.8 Å². The number of methoxy groups -OCH3 is 1. The number of amides is 1. The molecule has 2 aromatic rings. The summed E-state index contributed by atoms with van der Waals surface area (Å²) < 4.78 is 10.8. The molecule has 1 unspecified atom stereocenters. The number of thiophene rings is 1. The van der Waals surface area contributed by atoms with Crippen molar-refractivity contribution in [3.05, 3.63) is 46.2 Å². The maximum absolute atomic E-state index is 12.3. The second-order valence-corrected chi connectivity index (χ2v) is 7.01. The van der Waals surface area contributed by atoms with Gasteiger partial charge >= 0.3 is 0 Å². The first-order chi connectivity index (χ1) is 12.0. The van der Waals surface area contributed by atoms with E-state index in [4.69, 9.17) is 14.7 Å². The molecule has 0 spiro atoms. The zero-order valence-corrected chi connectivity index (χ0v) is 15.4. The molecule has 1 aromatic heterocycles. The molecule has 2 rings (SSSR count). The van der Waals surface area contributed by atoms with Gasteiger partial charge in [0.15, 0.2) is 18.1 Å². The summed E-state index contributed by atoms with van der Waals surface area (Å²) in [5, 5.41) is 14.0. The minimum Gasteiger partial charge on any atom is -0.493 e. The molecule has 1 amide bonds. The van der Waals surface area contributed by atoms with Crippen LogP contribution >= 0.6 is 11.3 Å². The van der Waals surface area contributed by atoms with Gasteiger partial charge in [-0.3, -0.25) is 4.79 Å². The smallest absolute Gasteiger partial charge is 0.258 e. The van der Waals surface area contributed by atoms with Crippen LogP contribution in [0.4, 0.5) is 0 Å². The first-order valence-electron chi connectivity index (χ1n) is 8.07. The Hall–Kier alpha value is -2.52. The Labute approximate surface area is 152 Å². The summed E-state index contributed by atoms with van der Waals surface area (Å²) in [5.41, 5.74) is 0.475. The van der Waals surface area contributed by atoms with E-state index in [0.29, 0.717) is 23.0 Å². The molecular weight excluding hydrogens is 336 g/mol. The van der Waals surface area contributed by atoms with Crippen LogP contribution in [0, 0.1) is 17.2 Å². The molecule has 0 aliphatic rings. The fraction of sp³-hybridized carbons (Fsp3) is 0.368. The minimum absolute atomic E-state index is 0.0149. The Morgan fingerprint density at radius 2 is 2.12 bits per heavy atom. The van der Waals surface area contributed by atoms with Crippen molar-refractivity contribution in [2.45, 2.75) is 26.3 Å². The molecule has 5 nitrogen and oxygen atoms in total. The number of carbonyl (C=O) groups excluding carboxylic acids is 1. The third-order valence-corrected chi connectivity index (χ3v) is 4.57. The fourth-order valence-electron chi connectivity index (χ4n) is 2.44. The topological polar surface area (TPSA) is 71.3 Å². The van der Waals surface area contributed by atoms with Crippen LogP contribution in [0.1, 0.15) is 36.8 Å². The lowest BCUT2D eigenvalue weighted by atomic mass is 10.0. The van der Waals surface area contributed by atoms with Gasteiger partial charge < -0.3 is 14.8 Å². The van der Waals surface area contributed by atoms with Crippen molar-refractivity contribution in [2.75, 3.05) is 13.7 Å².